The average Bonchev–Trinajstić information content (AvgIpc) is 2.40. The molecule has 3 unspecified atom stereocenters. The number of rotatable bonds is 3. The fraction of sp³-hybridized carbons (Fsp3) is 0.571. The second-order valence-electron chi connectivity index (χ2n) is 5.55. The Morgan fingerprint density at radius 3 is 2.75 bits per heavy atom. The number of nitrogens with two attached hydrogens (primary N) is 1. The van der Waals surface area contributed by atoms with Crippen molar-refractivity contribution < 1.29 is 8.42 Å². The zero-order valence-electron chi connectivity index (χ0n) is 11.4. The van der Waals surface area contributed by atoms with Crippen molar-refractivity contribution in [2.24, 2.45) is 11.7 Å². The van der Waals surface area contributed by atoms with Crippen LogP contribution in [0.15, 0.2) is 22.7 Å². The van der Waals surface area contributed by atoms with Gasteiger partial charge in [0.25, 0.3) is 0 Å². The van der Waals surface area contributed by atoms with Gasteiger partial charge in [-0.3, -0.25) is 0 Å². The first-order valence-corrected chi connectivity index (χ1v) is 9.81. The summed E-state index contributed by atoms with van der Waals surface area (Å²) in [7, 11) is -2.99. The highest BCUT2D eigenvalue weighted by Gasteiger charge is 2.33. The summed E-state index contributed by atoms with van der Waals surface area (Å²) in [5.41, 5.74) is 7.23. The molecule has 3 atom stereocenters. The molecule has 2 rings (SSSR count). The molecule has 1 aliphatic rings. The van der Waals surface area contributed by atoms with E-state index in [2.05, 4.69) is 15.9 Å². The fourth-order valence-corrected chi connectivity index (χ4v) is 4.75. The molecule has 112 valence electrons. The van der Waals surface area contributed by atoms with Crippen LogP contribution in [0.2, 0.25) is 5.02 Å². The van der Waals surface area contributed by atoms with E-state index in [1.165, 1.54) is 6.26 Å². The van der Waals surface area contributed by atoms with Gasteiger partial charge in [0.1, 0.15) is 9.84 Å². The van der Waals surface area contributed by atoms with Gasteiger partial charge in [0.15, 0.2) is 0 Å². The van der Waals surface area contributed by atoms with E-state index in [4.69, 9.17) is 17.3 Å². The van der Waals surface area contributed by atoms with Crippen LogP contribution in [0.3, 0.4) is 0 Å². The second-order valence-corrected chi connectivity index (χ2v) is 9.11. The number of hydrogen-bond donors (Lipinski definition) is 1. The Balaban J connectivity index is 2.21. The maximum Gasteiger partial charge on any atom is 0.150 e. The molecule has 3 nitrogen and oxygen atoms in total. The largest absolute Gasteiger partial charge is 0.324 e. The Morgan fingerprint density at radius 1 is 1.40 bits per heavy atom. The normalized spacial score (nSPS) is 25.4. The lowest BCUT2D eigenvalue weighted by molar-refractivity contribution is 0.309. The highest BCUT2D eigenvalue weighted by Crippen LogP contribution is 2.39. The van der Waals surface area contributed by atoms with Gasteiger partial charge in [0.05, 0.1) is 10.3 Å². The van der Waals surface area contributed by atoms with Crippen molar-refractivity contribution in [3.8, 4) is 0 Å². The van der Waals surface area contributed by atoms with Crippen LogP contribution in [0.4, 0.5) is 0 Å². The molecule has 0 aromatic heterocycles. The first kappa shape index (κ1) is 16.3. The summed E-state index contributed by atoms with van der Waals surface area (Å²) in [6, 6.07) is 5.48. The molecule has 1 aromatic carbocycles. The van der Waals surface area contributed by atoms with E-state index in [1.807, 2.05) is 18.2 Å². The monoisotopic (exact) mass is 379 g/mol. The van der Waals surface area contributed by atoms with E-state index < -0.39 is 9.84 Å². The molecule has 1 aromatic rings. The van der Waals surface area contributed by atoms with Crippen LogP contribution < -0.4 is 5.73 Å². The molecule has 1 saturated carbocycles. The summed E-state index contributed by atoms with van der Waals surface area (Å²) in [6.45, 7) is 0. The molecular formula is C14H19BrClNO2S. The van der Waals surface area contributed by atoms with Crippen LogP contribution >= 0.6 is 27.5 Å². The SMILES string of the molecule is CS(=O)(=O)C1CCCC(C(N)c2cccc(Br)c2Cl)C1. The molecule has 0 amide bonds. The van der Waals surface area contributed by atoms with Crippen molar-refractivity contribution in [3.63, 3.8) is 0 Å². The van der Waals surface area contributed by atoms with Crippen LogP contribution in [-0.4, -0.2) is 19.9 Å². The van der Waals surface area contributed by atoms with Crippen LogP contribution in [-0.2, 0) is 9.84 Å². The van der Waals surface area contributed by atoms with E-state index in [-0.39, 0.29) is 17.2 Å². The third-order valence-electron chi connectivity index (χ3n) is 4.12. The molecule has 0 heterocycles. The molecule has 1 fully saturated rings. The van der Waals surface area contributed by atoms with E-state index in [9.17, 15) is 8.42 Å². The number of sulfone groups is 1. The number of hydrogen-bond acceptors (Lipinski definition) is 3. The van der Waals surface area contributed by atoms with Gasteiger partial charge in [-0.15, -0.1) is 0 Å². The summed E-state index contributed by atoms with van der Waals surface area (Å²) in [6.07, 6.45) is 4.55. The minimum absolute atomic E-state index is 0.162. The fourth-order valence-electron chi connectivity index (χ4n) is 2.93. The highest BCUT2D eigenvalue weighted by molar-refractivity contribution is 9.10. The maximum absolute atomic E-state index is 11.7. The number of halogens is 2. The van der Waals surface area contributed by atoms with Crippen molar-refractivity contribution >= 4 is 37.4 Å². The molecule has 1 aliphatic carbocycles. The summed E-state index contributed by atoms with van der Waals surface area (Å²) >= 11 is 9.69. The highest BCUT2D eigenvalue weighted by atomic mass is 79.9. The first-order chi connectivity index (χ1) is 9.30. The average molecular weight is 381 g/mol. The molecule has 0 bridgehead atoms. The molecule has 0 aliphatic heterocycles. The van der Waals surface area contributed by atoms with Crippen molar-refractivity contribution in [1.82, 2.24) is 0 Å². The molecule has 6 heteroatoms. The van der Waals surface area contributed by atoms with Gasteiger partial charge in [0.2, 0.25) is 0 Å². The van der Waals surface area contributed by atoms with Crippen molar-refractivity contribution in [1.29, 1.82) is 0 Å². The molecular weight excluding hydrogens is 362 g/mol. The van der Waals surface area contributed by atoms with Crippen molar-refractivity contribution in [3.05, 3.63) is 33.3 Å². The lowest BCUT2D eigenvalue weighted by atomic mass is 9.81. The van der Waals surface area contributed by atoms with E-state index in [1.54, 1.807) is 0 Å². The van der Waals surface area contributed by atoms with Crippen molar-refractivity contribution in [2.45, 2.75) is 37.0 Å². The van der Waals surface area contributed by atoms with Gasteiger partial charge in [-0.2, -0.15) is 0 Å². The van der Waals surface area contributed by atoms with Crippen LogP contribution in [0.25, 0.3) is 0 Å². The Labute approximate surface area is 133 Å². The van der Waals surface area contributed by atoms with Gasteiger partial charge >= 0.3 is 0 Å². The smallest absolute Gasteiger partial charge is 0.150 e. The topological polar surface area (TPSA) is 60.2 Å². The van der Waals surface area contributed by atoms with Gasteiger partial charge in [0, 0.05) is 16.8 Å². The molecule has 0 saturated heterocycles. The lowest BCUT2D eigenvalue weighted by Crippen LogP contribution is -2.33. The Hall–Kier alpha value is -0.100. The van der Waals surface area contributed by atoms with Gasteiger partial charge in [-0.05, 0) is 52.7 Å². The van der Waals surface area contributed by atoms with Crippen LogP contribution in [0, 0.1) is 5.92 Å². The molecule has 0 radical (unpaired) electrons. The van der Waals surface area contributed by atoms with E-state index in [0.717, 1.165) is 29.3 Å². The third kappa shape index (κ3) is 3.56. The van der Waals surface area contributed by atoms with Crippen LogP contribution in [0.5, 0.6) is 0 Å². The van der Waals surface area contributed by atoms with E-state index in [0.29, 0.717) is 11.4 Å². The van der Waals surface area contributed by atoms with Crippen LogP contribution in [0.1, 0.15) is 37.3 Å². The maximum atomic E-state index is 11.7. The molecule has 20 heavy (non-hydrogen) atoms. The summed E-state index contributed by atoms with van der Waals surface area (Å²) in [5.74, 6) is 0.162. The molecule has 0 spiro atoms. The minimum atomic E-state index is -2.99. The minimum Gasteiger partial charge on any atom is -0.324 e. The number of benzene rings is 1. The zero-order chi connectivity index (χ0) is 14.9. The first-order valence-electron chi connectivity index (χ1n) is 6.69. The molecule has 2 N–H and O–H groups in total. The predicted molar refractivity (Wildman–Crippen MR) is 86.7 cm³/mol. The van der Waals surface area contributed by atoms with Gasteiger partial charge in [-0.25, -0.2) is 8.42 Å². The van der Waals surface area contributed by atoms with Crippen molar-refractivity contribution in [2.75, 3.05) is 6.26 Å². The summed E-state index contributed by atoms with van der Waals surface area (Å²) in [4.78, 5) is 0. The quantitative estimate of drug-likeness (QED) is 0.869. The third-order valence-corrected chi connectivity index (χ3v) is 7.07. The summed E-state index contributed by atoms with van der Waals surface area (Å²) < 4.78 is 24.3. The van der Waals surface area contributed by atoms with Gasteiger partial charge < -0.3 is 5.73 Å². The lowest BCUT2D eigenvalue weighted by Gasteiger charge is -2.32. The Bertz CT molecular complexity index is 591. The Morgan fingerprint density at radius 2 is 2.10 bits per heavy atom. The van der Waals surface area contributed by atoms with Gasteiger partial charge in [-0.1, -0.05) is 30.2 Å². The second kappa shape index (κ2) is 6.34. The summed E-state index contributed by atoms with van der Waals surface area (Å²) in [5, 5.41) is 0.361. The zero-order valence-corrected chi connectivity index (χ0v) is 14.5. The Kier molecular flexibility index (Phi) is 5.16. The van der Waals surface area contributed by atoms with E-state index >= 15 is 0 Å². The standard InChI is InChI=1S/C14H19BrClNO2S/c1-20(18,19)10-5-2-4-9(8-10)14(17)11-6-3-7-12(15)13(11)16/h3,6-7,9-10,14H,2,4-5,8,17H2,1H3. The predicted octanol–water partition coefficient (Wildman–Crippen LogP) is 3.71.